The van der Waals surface area contributed by atoms with Crippen molar-refractivity contribution in [1.29, 1.82) is 0 Å². The van der Waals surface area contributed by atoms with Gasteiger partial charge in [-0.15, -0.1) is 0 Å². The maximum atomic E-state index is 11.0. The summed E-state index contributed by atoms with van der Waals surface area (Å²) in [7, 11) is 0. The van der Waals surface area contributed by atoms with Gasteiger partial charge in [-0.05, 0) is 6.92 Å². The van der Waals surface area contributed by atoms with Gasteiger partial charge in [-0.1, -0.05) is 0 Å². The predicted molar refractivity (Wildman–Crippen MR) is 40.4 cm³/mol. The number of nitrogens with one attached hydrogen (secondary N) is 1. The molecule has 0 spiro atoms. The second-order valence-electron chi connectivity index (χ2n) is 2.27. The van der Waals surface area contributed by atoms with Crippen molar-refractivity contribution in [3.63, 3.8) is 0 Å². The van der Waals surface area contributed by atoms with Gasteiger partial charge in [0, 0.05) is 24.3 Å². The average Bonchev–Trinajstić information content (AvgIpc) is 1.97. The second kappa shape index (κ2) is 3.30. The molecule has 4 nitrogen and oxygen atoms in total. The van der Waals surface area contributed by atoms with Crippen LogP contribution in [-0.2, 0) is 6.42 Å². The van der Waals surface area contributed by atoms with Gasteiger partial charge in [-0.25, -0.2) is 4.98 Å². The number of nitrogens with zero attached hydrogens (tertiary/aromatic N) is 1. The quantitative estimate of drug-likeness (QED) is 0.609. The van der Waals surface area contributed by atoms with Gasteiger partial charge in [-0.2, -0.15) is 0 Å². The molecule has 0 unspecified atom stereocenters. The Balaban J connectivity index is 3.10. The van der Waals surface area contributed by atoms with E-state index in [0.717, 1.165) is 0 Å². The molecular weight excluding hydrogens is 144 g/mol. The third-order valence-electron chi connectivity index (χ3n) is 1.53. The molecule has 0 aliphatic rings. The number of aliphatic hydroxyl groups is 1. The molecule has 0 radical (unpaired) electrons. The van der Waals surface area contributed by atoms with Crippen molar-refractivity contribution >= 4 is 0 Å². The van der Waals surface area contributed by atoms with E-state index in [4.69, 9.17) is 5.11 Å². The smallest absolute Gasteiger partial charge is 0.254 e. The summed E-state index contributed by atoms with van der Waals surface area (Å²) in [6, 6.07) is 0. The lowest BCUT2D eigenvalue weighted by atomic mass is 10.2. The van der Waals surface area contributed by atoms with Crippen molar-refractivity contribution in [2.75, 3.05) is 6.61 Å². The molecule has 0 amide bonds. The summed E-state index contributed by atoms with van der Waals surface area (Å²) in [6.45, 7) is 1.73. The molecule has 4 heteroatoms. The lowest BCUT2D eigenvalue weighted by molar-refractivity contribution is 0.298. The van der Waals surface area contributed by atoms with Crippen LogP contribution in [0.3, 0.4) is 0 Å². The zero-order valence-electron chi connectivity index (χ0n) is 6.29. The summed E-state index contributed by atoms with van der Waals surface area (Å²) in [6.07, 6.45) is 1.73. The van der Waals surface area contributed by atoms with E-state index in [1.54, 1.807) is 6.92 Å². The average molecular weight is 154 g/mol. The monoisotopic (exact) mass is 154 g/mol. The van der Waals surface area contributed by atoms with E-state index in [0.29, 0.717) is 17.7 Å². The van der Waals surface area contributed by atoms with E-state index in [-0.39, 0.29) is 12.2 Å². The lowest BCUT2D eigenvalue weighted by Gasteiger charge is -1.98. The Kier molecular flexibility index (Phi) is 2.38. The molecule has 0 bridgehead atoms. The maximum absolute atomic E-state index is 11.0. The third kappa shape index (κ3) is 1.65. The zero-order chi connectivity index (χ0) is 8.27. The first kappa shape index (κ1) is 7.94. The lowest BCUT2D eigenvalue weighted by Crippen LogP contribution is -2.16. The van der Waals surface area contributed by atoms with E-state index in [9.17, 15) is 4.79 Å². The van der Waals surface area contributed by atoms with Gasteiger partial charge in [0.15, 0.2) is 0 Å². The Labute approximate surface area is 63.9 Å². The molecule has 0 atom stereocenters. The van der Waals surface area contributed by atoms with Crippen LogP contribution < -0.4 is 5.56 Å². The molecule has 0 fully saturated rings. The number of aromatic amines is 1. The molecule has 1 rings (SSSR count). The molecule has 0 saturated carbocycles. The highest BCUT2D eigenvalue weighted by Crippen LogP contribution is 1.95. The molecule has 1 aromatic rings. The molecule has 60 valence electrons. The van der Waals surface area contributed by atoms with Crippen LogP contribution in [0.2, 0.25) is 0 Å². The van der Waals surface area contributed by atoms with Crippen molar-refractivity contribution in [1.82, 2.24) is 9.97 Å². The first-order valence-corrected chi connectivity index (χ1v) is 3.39. The van der Waals surface area contributed by atoms with Crippen LogP contribution in [0.4, 0.5) is 0 Å². The molecule has 11 heavy (non-hydrogen) atoms. The van der Waals surface area contributed by atoms with Crippen molar-refractivity contribution in [3.05, 3.63) is 27.9 Å². The van der Waals surface area contributed by atoms with Gasteiger partial charge in [0.25, 0.3) is 5.56 Å². The van der Waals surface area contributed by atoms with E-state index in [2.05, 4.69) is 9.97 Å². The van der Waals surface area contributed by atoms with Gasteiger partial charge in [0.1, 0.15) is 0 Å². The number of hydrogen-bond acceptors (Lipinski definition) is 3. The fourth-order valence-electron chi connectivity index (χ4n) is 0.923. The van der Waals surface area contributed by atoms with Crippen molar-refractivity contribution in [3.8, 4) is 0 Å². The zero-order valence-corrected chi connectivity index (χ0v) is 6.29. The molecular formula is C7H10N2O2. The van der Waals surface area contributed by atoms with E-state index in [1.807, 2.05) is 0 Å². The summed E-state index contributed by atoms with van der Waals surface area (Å²) < 4.78 is 0. The molecule has 0 aromatic carbocycles. The standard InChI is InChI=1S/C7H10N2O2/c1-5-6(2-3-10)7(11)9-4-8-5/h4,10H,2-3H2,1H3,(H,8,9,11). The van der Waals surface area contributed by atoms with Crippen molar-refractivity contribution in [2.45, 2.75) is 13.3 Å². The Morgan fingerprint density at radius 3 is 3.00 bits per heavy atom. The van der Waals surface area contributed by atoms with Gasteiger partial charge in [0.2, 0.25) is 0 Å². The molecule has 0 aliphatic heterocycles. The van der Waals surface area contributed by atoms with Gasteiger partial charge >= 0.3 is 0 Å². The Morgan fingerprint density at radius 2 is 2.45 bits per heavy atom. The van der Waals surface area contributed by atoms with Crippen molar-refractivity contribution < 1.29 is 5.11 Å². The predicted octanol–water partition coefficient (Wildman–Crippen LogP) is -0.387. The SMILES string of the molecule is Cc1nc[nH]c(=O)c1CCO. The highest BCUT2D eigenvalue weighted by molar-refractivity contribution is 5.14. The van der Waals surface area contributed by atoms with Gasteiger partial charge in [0.05, 0.1) is 6.33 Å². The van der Waals surface area contributed by atoms with Crippen LogP contribution in [0, 0.1) is 6.92 Å². The van der Waals surface area contributed by atoms with Crippen LogP contribution in [0.25, 0.3) is 0 Å². The molecule has 1 aromatic heterocycles. The Hall–Kier alpha value is -1.16. The molecule has 1 heterocycles. The highest BCUT2D eigenvalue weighted by Gasteiger charge is 2.01. The first-order valence-electron chi connectivity index (χ1n) is 3.39. The summed E-state index contributed by atoms with van der Waals surface area (Å²) in [5.74, 6) is 0. The number of aromatic nitrogens is 2. The third-order valence-corrected chi connectivity index (χ3v) is 1.53. The normalized spacial score (nSPS) is 10.0. The number of aliphatic hydroxyl groups excluding tert-OH is 1. The minimum Gasteiger partial charge on any atom is -0.396 e. The highest BCUT2D eigenvalue weighted by atomic mass is 16.3. The number of aryl methyl sites for hydroxylation is 1. The van der Waals surface area contributed by atoms with E-state index < -0.39 is 0 Å². The minimum atomic E-state index is -0.161. The fraction of sp³-hybridized carbons (Fsp3) is 0.429. The molecule has 0 saturated heterocycles. The van der Waals surface area contributed by atoms with Crippen LogP contribution in [0.15, 0.2) is 11.1 Å². The van der Waals surface area contributed by atoms with Gasteiger partial charge < -0.3 is 10.1 Å². The summed E-state index contributed by atoms with van der Waals surface area (Å²) in [5.41, 5.74) is 1.09. The summed E-state index contributed by atoms with van der Waals surface area (Å²) >= 11 is 0. The maximum Gasteiger partial charge on any atom is 0.254 e. The Bertz CT molecular complexity index is 293. The topological polar surface area (TPSA) is 66.0 Å². The largest absolute Gasteiger partial charge is 0.396 e. The summed E-state index contributed by atoms with van der Waals surface area (Å²) in [4.78, 5) is 17.4. The fourth-order valence-corrected chi connectivity index (χ4v) is 0.923. The second-order valence-corrected chi connectivity index (χ2v) is 2.27. The number of rotatable bonds is 2. The Morgan fingerprint density at radius 1 is 1.73 bits per heavy atom. The van der Waals surface area contributed by atoms with Crippen LogP contribution in [-0.4, -0.2) is 21.7 Å². The molecule has 2 N–H and O–H groups in total. The number of hydrogen-bond donors (Lipinski definition) is 2. The molecule has 0 aliphatic carbocycles. The van der Waals surface area contributed by atoms with E-state index >= 15 is 0 Å². The summed E-state index contributed by atoms with van der Waals surface area (Å²) in [5, 5.41) is 8.59. The minimum absolute atomic E-state index is 0.0182. The van der Waals surface area contributed by atoms with Crippen LogP contribution in [0.1, 0.15) is 11.3 Å². The van der Waals surface area contributed by atoms with E-state index in [1.165, 1.54) is 6.33 Å². The number of H-pyrrole nitrogens is 1. The van der Waals surface area contributed by atoms with Crippen molar-refractivity contribution in [2.24, 2.45) is 0 Å². The van der Waals surface area contributed by atoms with Gasteiger partial charge in [-0.3, -0.25) is 4.79 Å². The first-order chi connectivity index (χ1) is 5.25. The van der Waals surface area contributed by atoms with Crippen LogP contribution >= 0.6 is 0 Å². The van der Waals surface area contributed by atoms with Crippen LogP contribution in [0.5, 0.6) is 0 Å².